The molecule has 2 aliphatic rings. The Morgan fingerprint density at radius 1 is 0.517 bits per heavy atom. The Labute approximate surface area is 166 Å². The van der Waals surface area contributed by atoms with Gasteiger partial charge in [-0.05, 0) is 60.7 Å². The molecule has 6 heteroatoms. The average molecular weight is 378 g/mol. The van der Waals surface area contributed by atoms with Crippen molar-refractivity contribution in [2.24, 2.45) is 0 Å². The summed E-state index contributed by atoms with van der Waals surface area (Å²) in [6.07, 6.45) is 12.1. The number of aromatic amines is 4. The van der Waals surface area contributed by atoms with Gasteiger partial charge in [0.25, 0.3) is 0 Å². The van der Waals surface area contributed by atoms with Crippen LogP contribution in [0.15, 0.2) is 60.9 Å². The van der Waals surface area contributed by atoms with Crippen LogP contribution in [0.3, 0.4) is 0 Å². The first-order valence-electron chi connectivity index (χ1n) is 9.44. The van der Waals surface area contributed by atoms with Crippen LogP contribution in [0, 0.1) is 6.67 Å². The highest BCUT2D eigenvalue weighted by Crippen LogP contribution is 2.18. The fraction of sp³-hybridized carbons (Fsp3) is 0. The quantitative estimate of drug-likeness (QED) is 0.367. The largest absolute Gasteiger partial charge is 0.354 e. The lowest BCUT2D eigenvalue weighted by Gasteiger charge is -2.10. The number of H-pyrrole nitrogens is 4. The van der Waals surface area contributed by atoms with Crippen LogP contribution in [0.1, 0.15) is 11.4 Å². The first-order valence-corrected chi connectivity index (χ1v) is 9.44. The number of fused-ring (bicyclic) bond motifs is 11. The molecule has 0 amide bonds. The van der Waals surface area contributed by atoms with Crippen LogP contribution in [-0.4, -0.2) is 29.7 Å². The Balaban J connectivity index is 1.51. The van der Waals surface area contributed by atoms with Gasteiger partial charge in [-0.2, -0.15) is 0 Å². The molecular weight excluding hydrogens is 360 g/mol. The van der Waals surface area contributed by atoms with E-state index in [0.717, 1.165) is 44.2 Å². The lowest BCUT2D eigenvalue weighted by atomic mass is 10.3. The van der Waals surface area contributed by atoms with E-state index < -0.39 is 0 Å². The van der Waals surface area contributed by atoms with Gasteiger partial charge in [-0.1, -0.05) is 0 Å². The van der Waals surface area contributed by atoms with E-state index in [1.165, 1.54) is 0 Å². The number of hydrogen-bond acceptors (Lipinski definition) is 2. The Bertz CT molecular complexity index is 1340. The van der Waals surface area contributed by atoms with Gasteiger partial charge in [-0.25, -0.2) is 0 Å². The number of aromatic nitrogens is 4. The van der Waals surface area contributed by atoms with Gasteiger partial charge in [-0.15, -0.1) is 0 Å². The first kappa shape index (κ1) is 15.9. The van der Waals surface area contributed by atoms with Gasteiger partial charge in [0.05, 0.1) is 22.1 Å². The van der Waals surface area contributed by atoms with Crippen LogP contribution in [-0.2, 0) is 0 Å². The van der Waals surface area contributed by atoms with Crippen LogP contribution in [0.5, 0.6) is 0 Å². The molecule has 6 nitrogen and oxygen atoms in total. The van der Waals surface area contributed by atoms with Crippen LogP contribution in [0.25, 0.3) is 35.9 Å². The summed E-state index contributed by atoms with van der Waals surface area (Å²) in [5.41, 5.74) is 4.19. The molecule has 0 fully saturated rings. The highest BCUT2D eigenvalue weighted by atomic mass is 15.3. The number of nitrogens with zero attached hydrogens (tertiary/aromatic N) is 2. The normalized spacial score (nSPS) is 14.9. The molecule has 0 aromatic carbocycles. The second-order valence-corrected chi connectivity index (χ2v) is 7.15. The molecule has 2 aliphatic heterocycles. The lowest BCUT2D eigenvalue weighted by Crippen LogP contribution is -2.18. The Morgan fingerprint density at radius 3 is 1.52 bits per heavy atom. The summed E-state index contributed by atoms with van der Waals surface area (Å²) in [5.74, 6) is 0. The molecule has 10 bridgehead atoms. The third-order valence-corrected chi connectivity index (χ3v) is 4.97. The van der Waals surface area contributed by atoms with Crippen molar-refractivity contribution < 1.29 is 0 Å². The molecule has 4 N–H and O–H groups in total. The van der Waals surface area contributed by atoms with Gasteiger partial charge in [0.2, 0.25) is 6.67 Å². The van der Waals surface area contributed by atoms with Gasteiger partial charge in [0.15, 0.2) is 0 Å². The predicted octanol–water partition coefficient (Wildman–Crippen LogP) is 0.898. The minimum Gasteiger partial charge on any atom is -0.354 e. The van der Waals surface area contributed by atoms with Crippen molar-refractivity contribution in [1.82, 2.24) is 29.7 Å². The molecule has 0 saturated carbocycles. The summed E-state index contributed by atoms with van der Waals surface area (Å²) < 4.78 is 0. The van der Waals surface area contributed by atoms with Crippen molar-refractivity contribution in [2.75, 3.05) is 0 Å². The Hall–Kier alpha value is -4.06. The van der Waals surface area contributed by atoms with E-state index >= 15 is 0 Å². The molecule has 29 heavy (non-hydrogen) atoms. The molecule has 6 rings (SSSR count). The highest BCUT2D eigenvalue weighted by Gasteiger charge is 2.10. The lowest BCUT2D eigenvalue weighted by molar-refractivity contribution is 0.542. The van der Waals surface area contributed by atoms with Crippen molar-refractivity contribution in [2.45, 2.75) is 0 Å². The zero-order valence-electron chi connectivity index (χ0n) is 15.5. The summed E-state index contributed by atoms with van der Waals surface area (Å²) in [6, 6.07) is 16.6. The number of nitrogens with one attached hydrogen (secondary N) is 4. The standard InChI is InChI=1S/C23H18N6/c1-3-20-13-28-9-10-29(15-28)14-21-4-2-17(25-21)12-19-6-8-23(27-19)22-7-5-18(26-22)11-16(1)24-20/h1-14,24-27H. The zero-order chi connectivity index (χ0) is 19.2. The monoisotopic (exact) mass is 378 g/mol. The molecule has 0 saturated heterocycles. The smallest absolute Gasteiger partial charge is 0.216 e. The van der Waals surface area contributed by atoms with Gasteiger partial charge in [0, 0.05) is 46.9 Å². The Morgan fingerprint density at radius 2 is 1.00 bits per heavy atom. The van der Waals surface area contributed by atoms with Crippen LogP contribution >= 0.6 is 0 Å². The third kappa shape index (κ3) is 3.10. The predicted molar refractivity (Wildman–Crippen MR) is 113 cm³/mol. The van der Waals surface area contributed by atoms with E-state index in [-0.39, 0.29) is 0 Å². The van der Waals surface area contributed by atoms with E-state index in [1.807, 2.05) is 34.6 Å². The molecule has 4 aromatic heterocycles. The van der Waals surface area contributed by atoms with Crippen LogP contribution < -0.4 is 21.4 Å². The molecule has 2 radical (unpaired) electrons. The summed E-state index contributed by atoms with van der Waals surface area (Å²) in [5, 5.41) is 4.08. The van der Waals surface area contributed by atoms with Crippen molar-refractivity contribution in [3.05, 3.63) is 100 Å². The molecule has 4 aromatic rings. The zero-order valence-corrected chi connectivity index (χ0v) is 15.5. The van der Waals surface area contributed by atoms with Crippen molar-refractivity contribution in [3.63, 3.8) is 0 Å². The van der Waals surface area contributed by atoms with E-state index in [2.05, 4.69) is 87.3 Å². The summed E-state index contributed by atoms with van der Waals surface area (Å²) in [7, 11) is 0. The maximum absolute atomic E-state index is 3.46. The maximum atomic E-state index is 3.46. The fourth-order valence-electron chi connectivity index (χ4n) is 3.61. The molecular formula is C23H18N6. The van der Waals surface area contributed by atoms with E-state index in [1.54, 1.807) is 0 Å². The molecule has 0 aliphatic carbocycles. The number of hydrogen-bond donors (Lipinski definition) is 4. The minimum absolute atomic E-state index is 1.01. The molecule has 6 heterocycles. The third-order valence-electron chi connectivity index (χ3n) is 4.97. The second-order valence-electron chi connectivity index (χ2n) is 7.15. The first-order chi connectivity index (χ1) is 14.3. The van der Waals surface area contributed by atoms with Crippen molar-refractivity contribution >= 4 is 24.6 Å². The summed E-state index contributed by atoms with van der Waals surface area (Å²) in [4.78, 5) is 17.6. The van der Waals surface area contributed by atoms with Crippen LogP contribution in [0.4, 0.5) is 0 Å². The second kappa shape index (κ2) is 6.24. The van der Waals surface area contributed by atoms with Crippen molar-refractivity contribution in [3.8, 4) is 11.4 Å². The van der Waals surface area contributed by atoms with Crippen molar-refractivity contribution in [1.29, 1.82) is 0 Å². The number of rotatable bonds is 0. The minimum atomic E-state index is 1.01. The van der Waals surface area contributed by atoms with E-state index in [4.69, 9.17) is 0 Å². The van der Waals surface area contributed by atoms with Crippen LogP contribution in [0.2, 0.25) is 0 Å². The Kier molecular flexibility index (Phi) is 3.43. The topological polar surface area (TPSA) is 69.6 Å². The SMILES string of the molecule is [C]1N2C=CN1C=c1ccc([nH]1)=Cc1ccc([nH]1)-c1ccc([nH]1)C=c1ccc([nH]1)=C2. The highest BCUT2D eigenvalue weighted by molar-refractivity contribution is 5.62. The van der Waals surface area contributed by atoms with E-state index in [9.17, 15) is 0 Å². The summed E-state index contributed by atoms with van der Waals surface area (Å²) >= 11 is 0. The molecule has 0 unspecified atom stereocenters. The van der Waals surface area contributed by atoms with Gasteiger partial charge < -0.3 is 29.7 Å². The van der Waals surface area contributed by atoms with Gasteiger partial charge in [-0.3, -0.25) is 0 Å². The van der Waals surface area contributed by atoms with E-state index in [0.29, 0.717) is 0 Å². The molecule has 0 atom stereocenters. The molecule has 140 valence electrons. The molecule has 0 spiro atoms. The van der Waals surface area contributed by atoms with Gasteiger partial charge in [0.1, 0.15) is 0 Å². The fourth-order valence-corrected chi connectivity index (χ4v) is 3.61. The summed E-state index contributed by atoms with van der Waals surface area (Å²) in [6.45, 7) is 3.28. The van der Waals surface area contributed by atoms with Gasteiger partial charge >= 0.3 is 0 Å². The maximum Gasteiger partial charge on any atom is 0.216 e. The average Bonchev–Trinajstić information content (AvgIpc) is 3.50.